The third kappa shape index (κ3) is 24.0. The van der Waals surface area contributed by atoms with Gasteiger partial charge >= 0.3 is 0 Å². The van der Waals surface area contributed by atoms with Crippen molar-refractivity contribution >= 4 is 17.6 Å². The monoisotopic (exact) mass is 745 g/mol. The Balaban J connectivity index is 1.16. The van der Waals surface area contributed by atoms with E-state index in [1.54, 1.807) is 31.2 Å². The zero-order valence-corrected chi connectivity index (χ0v) is 30.8. The Hall–Kier alpha value is -2.45. The van der Waals surface area contributed by atoms with Crippen LogP contribution in [0.15, 0.2) is 24.3 Å². The average molecular weight is 746 g/mol. The summed E-state index contributed by atoms with van der Waals surface area (Å²) in [6, 6.07) is 6.81. The zero-order valence-electron chi connectivity index (χ0n) is 30.8. The first-order chi connectivity index (χ1) is 25.6. The number of amides is 2. The number of carbonyl (C=O) groups excluding carboxylic acids is 3. The van der Waals surface area contributed by atoms with E-state index >= 15 is 0 Å². The lowest BCUT2D eigenvalue weighted by Crippen LogP contribution is -2.33. The highest BCUT2D eigenvalue weighted by atomic mass is 16.6. The summed E-state index contributed by atoms with van der Waals surface area (Å²) in [5.74, 6) is -0.442. The molecule has 16 nitrogen and oxygen atoms in total. The van der Waals surface area contributed by atoms with Gasteiger partial charge in [-0.2, -0.15) is 0 Å². The zero-order chi connectivity index (χ0) is 37.2. The second-order valence-electron chi connectivity index (χ2n) is 11.1. The Morgan fingerprint density at radius 3 is 0.885 bits per heavy atom. The number of carbonyl (C=O) groups is 3. The molecule has 2 amide bonds. The van der Waals surface area contributed by atoms with E-state index in [9.17, 15) is 14.4 Å². The largest absolute Gasteiger partial charge is 0.379 e. The van der Waals surface area contributed by atoms with Crippen LogP contribution in [-0.4, -0.2) is 188 Å². The summed E-state index contributed by atoms with van der Waals surface area (Å²) >= 11 is 0. The van der Waals surface area contributed by atoms with E-state index in [1.165, 1.54) is 4.90 Å². The van der Waals surface area contributed by atoms with Gasteiger partial charge in [0.05, 0.1) is 176 Å². The van der Waals surface area contributed by atoms with Gasteiger partial charge in [0.2, 0.25) is 0 Å². The van der Waals surface area contributed by atoms with Crippen LogP contribution in [0.4, 0.5) is 0 Å². The quantitative estimate of drug-likeness (QED) is 0.0702. The van der Waals surface area contributed by atoms with Crippen molar-refractivity contribution in [1.29, 1.82) is 0 Å². The number of rotatable bonds is 39. The van der Waals surface area contributed by atoms with Crippen molar-refractivity contribution in [3.8, 4) is 0 Å². The lowest BCUT2D eigenvalue weighted by Gasteiger charge is -2.13. The third-order valence-electron chi connectivity index (χ3n) is 7.03. The number of ketones is 1. The molecule has 1 aromatic carbocycles. The number of nitrogens with zero attached hydrogens (tertiary/aromatic N) is 1. The predicted molar refractivity (Wildman–Crippen MR) is 187 cm³/mol. The van der Waals surface area contributed by atoms with E-state index < -0.39 is 0 Å². The lowest BCUT2D eigenvalue weighted by molar-refractivity contribution is -0.118. The second-order valence-corrected chi connectivity index (χ2v) is 11.1. The molecule has 2 rings (SSSR count). The Kier molecular flexibility index (Phi) is 29.1. The molecular weight excluding hydrogens is 686 g/mol. The molecule has 1 aliphatic heterocycles. The van der Waals surface area contributed by atoms with Crippen molar-refractivity contribution in [2.75, 3.05) is 165 Å². The van der Waals surface area contributed by atoms with Crippen LogP contribution in [0.2, 0.25) is 0 Å². The molecule has 0 spiro atoms. The summed E-state index contributed by atoms with van der Waals surface area (Å²) in [4.78, 5) is 36.6. The molecule has 52 heavy (non-hydrogen) atoms. The van der Waals surface area contributed by atoms with Gasteiger partial charge in [-0.05, 0) is 19.1 Å². The lowest BCUT2D eigenvalue weighted by atomic mass is 10.1. The number of Topliss-reactive ketones (excluding diaryl/α,β-unsaturated/α-hetero) is 1. The predicted octanol–water partition coefficient (Wildman–Crippen LogP) is 1.46. The first-order valence-corrected chi connectivity index (χ1v) is 18.0. The number of hydrogen-bond donors (Lipinski definition) is 0. The molecule has 1 heterocycles. The van der Waals surface area contributed by atoms with Crippen molar-refractivity contribution in [1.82, 2.24) is 4.90 Å². The summed E-state index contributed by atoms with van der Waals surface area (Å²) in [5, 5.41) is 0. The summed E-state index contributed by atoms with van der Waals surface area (Å²) in [6.45, 7) is 12.7. The van der Waals surface area contributed by atoms with Crippen LogP contribution >= 0.6 is 0 Å². The highest BCUT2D eigenvalue weighted by Gasteiger charge is 2.34. The first kappa shape index (κ1) is 45.7. The van der Waals surface area contributed by atoms with Crippen molar-refractivity contribution in [3.63, 3.8) is 0 Å². The van der Waals surface area contributed by atoms with Gasteiger partial charge in [-0.25, -0.2) is 0 Å². The van der Waals surface area contributed by atoms with Crippen LogP contribution in [0.3, 0.4) is 0 Å². The maximum Gasteiger partial charge on any atom is 0.261 e. The molecule has 0 N–H and O–H groups in total. The standard InChI is InChI=1S/C36H59NO15/c1-32(38)6-8-41-10-12-43-14-16-45-18-20-47-22-24-49-26-28-51-30-31-52-29-27-50-25-23-48-21-19-46-17-15-44-13-11-42-9-7-37-35(39)33-4-2-3-5-34(33)36(37)40/h2-5H,6-31H2,1H3. The molecule has 0 unspecified atom stereocenters. The molecule has 1 aliphatic rings. The fourth-order valence-corrected chi connectivity index (χ4v) is 4.34. The first-order valence-electron chi connectivity index (χ1n) is 18.0. The summed E-state index contributed by atoms with van der Waals surface area (Å²) in [6.07, 6.45) is 0.436. The normalized spacial score (nSPS) is 12.7. The summed E-state index contributed by atoms with van der Waals surface area (Å²) in [7, 11) is 0. The molecule has 0 saturated carbocycles. The van der Waals surface area contributed by atoms with Crippen LogP contribution < -0.4 is 0 Å². The number of imide groups is 1. The molecule has 0 radical (unpaired) electrons. The molecule has 0 bridgehead atoms. The van der Waals surface area contributed by atoms with Crippen molar-refractivity contribution in [3.05, 3.63) is 35.4 Å². The van der Waals surface area contributed by atoms with Crippen molar-refractivity contribution in [2.45, 2.75) is 13.3 Å². The fourth-order valence-electron chi connectivity index (χ4n) is 4.34. The van der Waals surface area contributed by atoms with Crippen LogP contribution in [0.5, 0.6) is 0 Å². The second kappa shape index (κ2) is 33.1. The van der Waals surface area contributed by atoms with Gasteiger partial charge in [0.25, 0.3) is 11.8 Å². The molecule has 0 atom stereocenters. The van der Waals surface area contributed by atoms with E-state index in [1.807, 2.05) is 0 Å². The minimum Gasteiger partial charge on any atom is -0.379 e. The SMILES string of the molecule is CC(=O)CCOCCOCCOCCOCCOCCOCCOCCOCCOCCOCCOCCOCCN1C(=O)c2ccccc2C1=O. The van der Waals surface area contributed by atoms with Gasteiger partial charge in [-0.1, -0.05) is 12.1 Å². The molecule has 298 valence electrons. The molecule has 1 aromatic rings. The molecule has 0 saturated heterocycles. The third-order valence-corrected chi connectivity index (χ3v) is 7.03. The van der Waals surface area contributed by atoms with E-state index in [4.69, 9.17) is 56.8 Å². The van der Waals surface area contributed by atoms with Gasteiger partial charge in [-0.3, -0.25) is 19.3 Å². The van der Waals surface area contributed by atoms with Gasteiger partial charge in [0, 0.05) is 6.42 Å². The molecule has 0 aliphatic carbocycles. The van der Waals surface area contributed by atoms with E-state index in [-0.39, 0.29) is 30.7 Å². The van der Waals surface area contributed by atoms with Gasteiger partial charge in [0.15, 0.2) is 0 Å². The van der Waals surface area contributed by atoms with Crippen LogP contribution in [-0.2, 0) is 61.6 Å². The molecular formula is C36H59NO15. The van der Waals surface area contributed by atoms with Crippen molar-refractivity contribution in [2.24, 2.45) is 0 Å². The average Bonchev–Trinajstić information content (AvgIpc) is 3.39. The molecule has 16 heteroatoms. The fraction of sp³-hybridized carbons (Fsp3) is 0.750. The topological polar surface area (TPSA) is 165 Å². The Morgan fingerprint density at radius 2 is 0.635 bits per heavy atom. The summed E-state index contributed by atoms with van der Waals surface area (Å²) in [5.41, 5.74) is 0.878. The highest BCUT2D eigenvalue weighted by Crippen LogP contribution is 2.21. The minimum atomic E-state index is -0.281. The highest BCUT2D eigenvalue weighted by molar-refractivity contribution is 6.21. The van der Waals surface area contributed by atoms with Crippen LogP contribution in [0.25, 0.3) is 0 Å². The van der Waals surface area contributed by atoms with Crippen LogP contribution in [0.1, 0.15) is 34.1 Å². The minimum absolute atomic E-state index is 0.120. The van der Waals surface area contributed by atoms with Gasteiger partial charge < -0.3 is 56.8 Å². The van der Waals surface area contributed by atoms with Crippen LogP contribution in [0, 0.1) is 0 Å². The molecule has 0 fully saturated rings. The Labute approximate surface area is 307 Å². The van der Waals surface area contributed by atoms with Gasteiger partial charge in [-0.15, -0.1) is 0 Å². The smallest absolute Gasteiger partial charge is 0.261 e. The Bertz CT molecular complexity index is 1010. The Morgan fingerprint density at radius 1 is 0.404 bits per heavy atom. The summed E-state index contributed by atoms with van der Waals surface area (Å²) < 4.78 is 65.3. The number of benzene rings is 1. The van der Waals surface area contributed by atoms with Crippen molar-refractivity contribution < 1.29 is 71.2 Å². The maximum absolute atomic E-state index is 12.3. The van der Waals surface area contributed by atoms with E-state index in [0.29, 0.717) is 170 Å². The maximum atomic E-state index is 12.3. The van der Waals surface area contributed by atoms with Gasteiger partial charge in [0.1, 0.15) is 5.78 Å². The molecule has 0 aromatic heterocycles. The number of hydrogen-bond acceptors (Lipinski definition) is 15. The number of fused-ring (bicyclic) bond motifs is 1. The van der Waals surface area contributed by atoms with E-state index in [2.05, 4.69) is 0 Å². The van der Waals surface area contributed by atoms with E-state index in [0.717, 1.165) is 0 Å². The number of ether oxygens (including phenoxy) is 12.